The van der Waals surface area contributed by atoms with Crippen molar-refractivity contribution < 1.29 is 5.11 Å². The normalized spacial score (nSPS) is 13.4. The topological polar surface area (TPSA) is 20.2 Å². The number of hydrogen-bond donors (Lipinski definition) is 1. The van der Waals surface area contributed by atoms with Crippen molar-refractivity contribution in [1.29, 1.82) is 0 Å². The molecule has 1 nitrogen and oxygen atoms in total. The van der Waals surface area contributed by atoms with Crippen LogP contribution in [0, 0.1) is 0 Å². The summed E-state index contributed by atoms with van der Waals surface area (Å²) in [5.41, 5.74) is 0.866. The van der Waals surface area contributed by atoms with E-state index in [-0.39, 0.29) is 0 Å². The van der Waals surface area contributed by atoms with Crippen molar-refractivity contribution in [2.45, 2.75) is 19.4 Å². The highest BCUT2D eigenvalue weighted by atomic mass is 16.3. The Bertz CT molecular complexity index is 145. The average Bonchev–Trinajstić information content (AvgIpc) is 1.88. The predicted molar refractivity (Wildman–Crippen MR) is 44.8 cm³/mol. The standard InChI is InChI=1S/C9H14O/c1-4-6-9(10)7-8(3)5-2/h4-6,9-10H,2-3,7H2,1H3/t9-/m0/s1. The van der Waals surface area contributed by atoms with E-state index in [0.29, 0.717) is 6.42 Å². The van der Waals surface area contributed by atoms with Crippen LogP contribution in [-0.4, -0.2) is 11.2 Å². The Labute approximate surface area is 62.4 Å². The van der Waals surface area contributed by atoms with Gasteiger partial charge in [-0.05, 0) is 6.92 Å². The Hall–Kier alpha value is -0.820. The molecule has 0 aliphatic heterocycles. The molecular weight excluding hydrogens is 124 g/mol. The molecule has 0 aromatic heterocycles. The van der Waals surface area contributed by atoms with Gasteiger partial charge in [-0.25, -0.2) is 0 Å². The summed E-state index contributed by atoms with van der Waals surface area (Å²) in [7, 11) is 0. The van der Waals surface area contributed by atoms with Crippen molar-refractivity contribution in [3.8, 4) is 0 Å². The van der Waals surface area contributed by atoms with Gasteiger partial charge in [0, 0.05) is 6.42 Å². The monoisotopic (exact) mass is 138 g/mol. The highest BCUT2D eigenvalue weighted by molar-refractivity contribution is 5.13. The summed E-state index contributed by atoms with van der Waals surface area (Å²) in [5, 5.41) is 9.16. The molecule has 0 unspecified atom stereocenters. The predicted octanol–water partition coefficient (Wildman–Crippen LogP) is 2.06. The van der Waals surface area contributed by atoms with E-state index in [2.05, 4.69) is 13.2 Å². The molecule has 0 heterocycles. The van der Waals surface area contributed by atoms with Gasteiger partial charge in [0.25, 0.3) is 0 Å². The van der Waals surface area contributed by atoms with E-state index in [1.807, 2.05) is 13.0 Å². The highest BCUT2D eigenvalue weighted by Gasteiger charge is 1.97. The van der Waals surface area contributed by atoms with Gasteiger partial charge in [-0.15, -0.1) is 0 Å². The summed E-state index contributed by atoms with van der Waals surface area (Å²) in [6.07, 6.45) is 5.38. The van der Waals surface area contributed by atoms with Gasteiger partial charge in [0.05, 0.1) is 6.10 Å². The SMILES string of the molecule is C=CC(=C)C[C@@H](O)C=CC. The molecule has 1 heteroatoms. The molecule has 0 fully saturated rings. The molecule has 0 rings (SSSR count). The molecule has 0 saturated carbocycles. The molecule has 56 valence electrons. The fourth-order valence-corrected chi connectivity index (χ4v) is 0.642. The van der Waals surface area contributed by atoms with Crippen LogP contribution in [0.25, 0.3) is 0 Å². The Morgan fingerprint density at radius 3 is 2.70 bits per heavy atom. The Morgan fingerprint density at radius 1 is 1.70 bits per heavy atom. The Kier molecular flexibility index (Phi) is 4.59. The molecule has 0 aliphatic carbocycles. The molecule has 0 radical (unpaired) electrons. The zero-order valence-electron chi connectivity index (χ0n) is 6.38. The van der Waals surface area contributed by atoms with Gasteiger partial charge in [0.2, 0.25) is 0 Å². The van der Waals surface area contributed by atoms with E-state index >= 15 is 0 Å². The minimum absolute atomic E-state index is 0.407. The van der Waals surface area contributed by atoms with Gasteiger partial charge >= 0.3 is 0 Å². The summed E-state index contributed by atoms with van der Waals surface area (Å²) in [6.45, 7) is 9.10. The van der Waals surface area contributed by atoms with E-state index < -0.39 is 6.10 Å². The van der Waals surface area contributed by atoms with Crippen LogP contribution in [0.5, 0.6) is 0 Å². The molecule has 0 amide bonds. The molecular formula is C9H14O. The number of allylic oxidation sites excluding steroid dienone is 2. The van der Waals surface area contributed by atoms with Crippen LogP contribution in [0.1, 0.15) is 13.3 Å². The highest BCUT2D eigenvalue weighted by Crippen LogP contribution is 2.04. The van der Waals surface area contributed by atoms with Crippen LogP contribution in [0.2, 0.25) is 0 Å². The third kappa shape index (κ3) is 4.10. The number of rotatable bonds is 4. The van der Waals surface area contributed by atoms with Crippen molar-refractivity contribution in [3.05, 3.63) is 37.0 Å². The first kappa shape index (κ1) is 9.18. The molecule has 1 N–H and O–H groups in total. The first-order chi connectivity index (χ1) is 4.70. The molecule has 0 aromatic carbocycles. The molecule has 0 aromatic rings. The Morgan fingerprint density at radius 2 is 2.30 bits per heavy atom. The van der Waals surface area contributed by atoms with Crippen LogP contribution in [0.15, 0.2) is 37.0 Å². The van der Waals surface area contributed by atoms with Crippen molar-refractivity contribution in [2.75, 3.05) is 0 Å². The van der Waals surface area contributed by atoms with E-state index in [0.717, 1.165) is 5.57 Å². The molecule has 0 aliphatic rings. The van der Waals surface area contributed by atoms with Crippen molar-refractivity contribution in [2.24, 2.45) is 0 Å². The summed E-state index contributed by atoms with van der Waals surface area (Å²) in [6, 6.07) is 0. The van der Waals surface area contributed by atoms with Crippen molar-refractivity contribution in [1.82, 2.24) is 0 Å². The molecule has 10 heavy (non-hydrogen) atoms. The van der Waals surface area contributed by atoms with E-state index in [1.165, 1.54) is 0 Å². The summed E-state index contributed by atoms with van der Waals surface area (Å²) < 4.78 is 0. The third-order valence-electron chi connectivity index (χ3n) is 1.17. The van der Waals surface area contributed by atoms with Crippen molar-refractivity contribution >= 4 is 0 Å². The second-order valence-corrected chi connectivity index (χ2v) is 2.16. The maximum absolute atomic E-state index is 9.16. The fourth-order valence-electron chi connectivity index (χ4n) is 0.642. The zero-order valence-corrected chi connectivity index (χ0v) is 6.38. The minimum Gasteiger partial charge on any atom is -0.389 e. The third-order valence-corrected chi connectivity index (χ3v) is 1.17. The van der Waals surface area contributed by atoms with Crippen LogP contribution in [0.4, 0.5) is 0 Å². The smallest absolute Gasteiger partial charge is 0.0760 e. The van der Waals surface area contributed by atoms with Crippen molar-refractivity contribution in [3.63, 3.8) is 0 Å². The number of hydrogen-bond acceptors (Lipinski definition) is 1. The number of aliphatic hydroxyl groups is 1. The lowest BCUT2D eigenvalue weighted by atomic mass is 10.1. The zero-order chi connectivity index (χ0) is 7.98. The van der Waals surface area contributed by atoms with Crippen LogP contribution in [-0.2, 0) is 0 Å². The fraction of sp³-hybridized carbons (Fsp3) is 0.333. The lowest BCUT2D eigenvalue weighted by molar-refractivity contribution is 0.224. The van der Waals surface area contributed by atoms with Gasteiger partial charge in [-0.2, -0.15) is 0 Å². The van der Waals surface area contributed by atoms with E-state index in [1.54, 1.807) is 12.2 Å². The van der Waals surface area contributed by atoms with Gasteiger partial charge in [-0.1, -0.05) is 37.0 Å². The van der Waals surface area contributed by atoms with Crippen LogP contribution in [0.3, 0.4) is 0 Å². The molecule has 0 bridgehead atoms. The van der Waals surface area contributed by atoms with Gasteiger partial charge in [-0.3, -0.25) is 0 Å². The minimum atomic E-state index is -0.407. The summed E-state index contributed by atoms with van der Waals surface area (Å²) >= 11 is 0. The summed E-state index contributed by atoms with van der Waals surface area (Å²) in [4.78, 5) is 0. The van der Waals surface area contributed by atoms with Crippen LogP contribution >= 0.6 is 0 Å². The largest absolute Gasteiger partial charge is 0.389 e. The maximum Gasteiger partial charge on any atom is 0.0760 e. The van der Waals surface area contributed by atoms with Crippen LogP contribution < -0.4 is 0 Å². The second-order valence-electron chi connectivity index (χ2n) is 2.16. The first-order valence-electron chi connectivity index (χ1n) is 3.31. The quantitative estimate of drug-likeness (QED) is 0.465. The van der Waals surface area contributed by atoms with Gasteiger partial charge in [0.1, 0.15) is 0 Å². The summed E-state index contributed by atoms with van der Waals surface area (Å²) in [5.74, 6) is 0. The second kappa shape index (κ2) is 5.00. The van der Waals surface area contributed by atoms with Gasteiger partial charge < -0.3 is 5.11 Å². The van der Waals surface area contributed by atoms with E-state index in [4.69, 9.17) is 5.11 Å². The molecule has 1 atom stereocenters. The lowest BCUT2D eigenvalue weighted by Crippen LogP contribution is -2.01. The maximum atomic E-state index is 9.16. The Balaban J connectivity index is 3.67. The number of aliphatic hydroxyl groups excluding tert-OH is 1. The van der Waals surface area contributed by atoms with E-state index in [9.17, 15) is 0 Å². The average molecular weight is 138 g/mol. The lowest BCUT2D eigenvalue weighted by Gasteiger charge is -2.03. The van der Waals surface area contributed by atoms with Gasteiger partial charge in [0.15, 0.2) is 0 Å². The molecule has 0 saturated heterocycles. The molecule has 0 spiro atoms. The first-order valence-corrected chi connectivity index (χ1v) is 3.31.